The summed E-state index contributed by atoms with van der Waals surface area (Å²) in [5, 5.41) is 14.8. The summed E-state index contributed by atoms with van der Waals surface area (Å²) in [4.78, 5) is 12.6. The van der Waals surface area contributed by atoms with E-state index >= 15 is 0 Å². The van der Waals surface area contributed by atoms with Gasteiger partial charge in [-0.3, -0.25) is 4.79 Å². The Labute approximate surface area is 124 Å². The maximum atomic E-state index is 12.6. The van der Waals surface area contributed by atoms with Crippen LogP contribution in [0.2, 0.25) is 0 Å². The van der Waals surface area contributed by atoms with Gasteiger partial charge in [-0.1, -0.05) is 12.1 Å². The summed E-state index contributed by atoms with van der Waals surface area (Å²) < 4.78 is 5.14. The summed E-state index contributed by atoms with van der Waals surface area (Å²) in [6.07, 6.45) is 1.17. The molecule has 0 atom stereocenters. The van der Waals surface area contributed by atoms with Gasteiger partial charge in [0.1, 0.15) is 11.2 Å². The number of nitrogens with two attached hydrogens (primary N) is 1. The molecule has 2 rings (SSSR count). The van der Waals surface area contributed by atoms with Gasteiger partial charge in [-0.25, -0.2) is 0 Å². The van der Waals surface area contributed by atoms with Crippen molar-refractivity contribution in [2.24, 2.45) is 22.2 Å². The van der Waals surface area contributed by atoms with Gasteiger partial charge in [0.05, 0.1) is 7.11 Å². The van der Waals surface area contributed by atoms with Crippen LogP contribution in [0.4, 0.5) is 5.69 Å². The van der Waals surface area contributed by atoms with Gasteiger partial charge in [-0.15, -0.1) is 0 Å². The van der Waals surface area contributed by atoms with Crippen molar-refractivity contribution in [2.45, 2.75) is 26.7 Å². The molecule has 0 aliphatic heterocycles. The van der Waals surface area contributed by atoms with Crippen LogP contribution in [0.25, 0.3) is 0 Å². The van der Waals surface area contributed by atoms with E-state index < -0.39 is 5.41 Å². The normalized spacial score (nSPS) is 25.1. The first kappa shape index (κ1) is 15.2. The minimum absolute atomic E-state index is 0.0238. The molecule has 1 aromatic rings. The van der Waals surface area contributed by atoms with E-state index in [0.29, 0.717) is 24.4 Å². The highest BCUT2D eigenvalue weighted by atomic mass is 16.5. The van der Waals surface area contributed by atoms with Gasteiger partial charge in [0.25, 0.3) is 0 Å². The Bertz CT molecular complexity index is 578. The topological polar surface area (TPSA) is 96.9 Å². The van der Waals surface area contributed by atoms with Gasteiger partial charge in [-0.2, -0.15) is 0 Å². The Balaban J connectivity index is 2.21. The molecule has 1 fully saturated rings. The van der Waals surface area contributed by atoms with Crippen LogP contribution >= 0.6 is 0 Å². The number of hydrogen-bond donors (Lipinski definition) is 3. The molecule has 6 heteroatoms. The molecule has 6 nitrogen and oxygen atoms in total. The number of methoxy groups -OCH3 is 1. The highest BCUT2D eigenvalue weighted by Crippen LogP contribution is 2.46. The number of oxime groups is 1. The molecule has 1 aliphatic rings. The average Bonchev–Trinajstić information content (AvgIpc) is 2.44. The molecule has 0 heterocycles. The van der Waals surface area contributed by atoms with Crippen molar-refractivity contribution >= 4 is 17.4 Å². The number of carbonyl (C=O) groups is 1. The zero-order chi connectivity index (χ0) is 15.6. The molecule has 21 heavy (non-hydrogen) atoms. The Morgan fingerprint density at radius 2 is 2.19 bits per heavy atom. The lowest BCUT2D eigenvalue weighted by Gasteiger charge is -2.43. The van der Waals surface area contributed by atoms with Crippen molar-refractivity contribution in [1.29, 1.82) is 0 Å². The van der Waals surface area contributed by atoms with Crippen LogP contribution in [0.3, 0.4) is 0 Å². The highest BCUT2D eigenvalue weighted by Gasteiger charge is 2.52. The molecule has 4 N–H and O–H groups in total. The quantitative estimate of drug-likeness (QED) is 0.342. The van der Waals surface area contributed by atoms with E-state index in [2.05, 4.69) is 10.5 Å². The average molecular weight is 291 g/mol. The molecular formula is C15H21N3O3. The predicted molar refractivity (Wildman–Crippen MR) is 80.6 cm³/mol. The number of nitrogens with zero attached hydrogens (tertiary/aromatic N) is 1. The first-order valence-electron chi connectivity index (χ1n) is 6.87. The summed E-state index contributed by atoms with van der Waals surface area (Å²) in [5.41, 5.74) is 6.42. The van der Waals surface area contributed by atoms with E-state index in [1.807, 2.05) is 19.9 Å². The summed E-state index contributed by atoms with van der Waals surface area (Å²) in [6, 6.07) is 5.41. The number of benzene rings is 1. The standard InChI is InChI=1S/C15H21N3O3/c1-9-7-15(8-9,13(16)18-20)14(19)17-12-5-4-11(21-3)6-10(12)2/h4-6,9,20H,7-8H2,1-3H3,(H2,16,18)(H,17,19). The zero-order valence-corrected chi connectivity index (χ0v) is 12.5. The Morgan fingerprint density at radius 3 is 2.67 bits per heavy atom. The van der Waals surface area contributed by atoms with Crippen LogP contribution in [-0.4, -0.2) is 24.1 Å². The molecular weight excluding hydrogens is 270 g/mol. The van der Waals surface area contributed by atoms with E-state index in [0.717, 1.165) is 11.3 Å². The molecule has 1 amide bonds. The van der Waals surface area contributed by atoms with Crippen LogP contribution in [0.15, 0.2) is 23.4 Å². The van der Waals surface area contributed by atoms with Gasteiger partial charge >= 0.3 is 0 Å². The third kappa shape index (κ3) is 2.66. The number of nitrogens with one attached hydrogen (secondary N) is 1. The lowest BCUT2D eigenvalue weighted by molar-refractivity contribution is -0.127. The summed E-state index contributed by atoms with van der Waals surface area (Å²) in [7, 11) is 1.59. The molecule has 0 saturated heterocycles. The van der Waals surface area contributed by atoms with Gasteiger partial charge in [0.2, 0.25) is 5.91 Å². The first-order chi connectivity index (χ1) is 9.92. The van der Waals surface area contributed by atoms with Gasteiger partial charge in [-0.05, 0) is 49.4 Å². The van der Waals surface area contributed by atoms with Crippen LogP contribution in [0.1, 0.15) is 25.3 Å². The van der Waals surface area contributed by atoms with Crippen LogP contribution < -0.4 is 15.8 Å². The maximum Gasteiger partial charge on any atom is 0.238 e. The molecule has 1 saturated carbocycles. The monoisotopic (exact) mass is 291 g/mol. The number of hydrogen-bond acceptors (Lipinski definition) is 4. The summed E-state index contributed by atoms with van der Waals surface area (Å²) in [5.74, 6) is 0.857. The van der Waals surface area contributed by atoms with Crippen LogP contribution in [-0.2, 0) is 4.79 Å². The molecule has 0 bridgehead atoms. The van der Waals surface area contributed by atoms with E-state index in [4.69, 9.17) is 15.7 Å². The Kier molecular flexibility index (Phi) is 4.06. The van der Waals surface area contributed by atoms with Crippen LogP contribution in [0.5, 0.6) is 5.75 Å². The lowest BCUT2D eigenvalue weighted by atomic mass is 9.61. The molecule has 0 radical (unpaired) electrons. The third-order valence-corrected chi connectivity index (χ3v) is 4.11. The highest BCUT2D eigenvalue weighted by molar-refractivity contribution is 6.12. The van der Waals surface area contributed by atoms with E-state index in [1.165, 1.54) is 0 Å². The number of aryl methyl sites for hydroxylation is 1. The Morgan fingerprint density at radius 1 is 1.52 bits per heavy atom. The SMILES string of the molecule is COc1ccc(NC(=O)C2(/C(N)=N/O)CC(C)C2)c(C)c1. The summed E-state index contributed by atoms with van der Waals surface area (Å²) >= 11 is 0. The van der Waals surface area contributed by atoms with Crippen molar-refractivity contribution < 1.29 is 14.7 Å². The van der Waals surface area contributed by atoms with Gasteiger partial charge < -0.3 is 21.0 Å². The number of ether oxygens (including phenoxy) is 1. The van der Waals surface area contributed by atoms with Crippen LogP contribution in [0, 0.1) is 18.3 Å². The minimum Gasteiger partial charge on any atom is -0.497 e. The van der Waals surface area contributed by atoms with Crippen molar-refractivity contribution in [3.05, 3.63) is 23.8 Å². The molecule has 0 unspecified atom stereocenters. The summed E-state index contributed by atoms with van der Waals surface area (Å²) in [6.45, 7) is 3.92. The smallest absolute Gasteiger partial charge is 0.238 e. The molecule has 1 aromatic carbocycles. The molecule has 1 aliphatic carbocycles. The fraction of sp³-hybridized carbons (Fsp3) is 0.467. The maximum absolute atomic E-state index is 12.6. The third-order valence-electron chi connectivity index (χ3n) is 4.11. The molecule has 0 aromatic heterocycles. The number of rotatable bonds is 4. The largest absolute Gasteiger partial charge is 0.497 e. The number of carbonyl (C=O) groups excluding carboxylic acids is 1. The van der Waals surface area contributed by atoms with Gasteiger partial charge in [0.15, 0.2) is 5.84 Å². The predicted octanol–water partition coefficient (Wildman–Crippen LogP) is 2.10. The fourth-order valence-corrected chi connectivity index (χ4v) is 2.88. The van der Waals surface area contributed by atoms with Crippen molar-refractivity contribution in [1.82, 2.24) is 0 Å². The van der Waals surface area contributed by atoms with Crippen molar-refractivity contribution in [3.63, 3.8) is 0 Å². The number of amidine groups is 1. The minimum atomic E-state index is -0.902. The Hall–Kier alpha value is -2.24. The first-order valence-corrected chi connectivity index (χ1v) is 6.87. The zero-order valence-electron chi connectivity index (χ0n) is 12.5. The van der Waals surface area contributed by atoms with E-state index in [9.17, 15) is 4.79 Å². The van der Waals surface area contributed by atoms with E-state index in [1.54, 1.807) is 19.2 Å². The molecule has 114 valence electrons. The van der Waals surface area contributed by atoms with Crippen molar-refractivity contribution in [2.75, 3.05) is 12.4 Å². The number of amides is 1. The van der Waals surface area contributed by atoms with Crippen molar-refractivity contribution in [3.8, 4) is 5.75 Å². The lowest BCUT2D eigenvalue weighted by Crippen LogP contribution is -2.54. The fourth-order valence-electron chi connectivity index (χ4n) is 2.88. The molecule has 0 spiro atoms. The second-order valence-electron chi connectivity index (χ2n) is 5.72. The second kappa shape index (κ2) is 5.63. The second-order valence-corrected chi connectivity index (χ2v) is 5.72. The number of anilines is 1. The van der Waals surface area contributed by atoms with E-state index in [-0.39, 0.29) is 11.7 Å². The van der Waals surface area contributed by atoms with Gasteiger partial charge in [0, 0.05) is 5.69 Å².